The molecule has 2 nitrogen and oxygen atoms in total. The summed E-state index contributed by atoms with van der Waals surface area (Å²) in [6.07, 6.45) is 0. The van der Waals surface area contributed by atoms with Gasteiger partial charge in [-0.3, -0.25) is 0 Å². The second-order valence-electron chi connectivity index (χ2n) is 4.68. The molecule has 0 aliphatic carbocycles. The summed E-state index contributed by atoms with van der Waals surface area (Å²) in [4.78, 5) is 0. The van der Waals surface area contributed by atoms with E-state index in [1.807, 2.05) is 12.3 Å². The average molecular weight is 276 g/mol. The van der Waals surface area contributed by atoms with Gasteiger partial charge in [-0.1, -0.05) is 17.7 Å². The van der Waals surface area contributed by atoms with Crippen molar-refractivity contribution >= 4 is 11.3 Å². The maximum absolute atomic E-state index is 5.70. The van der Waals surface area contributed by atoms with E-state index in [4.69, 9.17) is 9.47 Å². The van der Waals surface area contributed by atoms with Gasteiger partial charge in [0.1, 0.15) is 5.75 Å². The summed E-state index contributed by atoms with van der Waals surface area (Å²) in [5.74, 6) is 0.911. The SMILES string of the molecule is CCOCOc1cscc1-c1c(C)cc(C)cc1C. The fourth-order valence-corrected chi connectivity index (χ4v) is 3.13. The fraction of sp³-hybridized carbons (Fsp3) is 0.375. The average Bonchev–Trinajstić information content (AvgIpc) is 2.76. The highest BCUT2D eigenvalue weighted by Gasteiger charge is 2.13. The Bertz CT molecular complexity index is 535. The van der Waals surface area contributed by atoms with Crippen LogP contribution in [-0.4, -0.2) is 13.4 Å². The first-order valence-corrected chi connectivity index (χ1v) is 7.42. The number of hydrogen-bond acceptors (Lipinski definition) is 3. The summed E-state index contributed by atoms with van der Waals surface area (Å²) >= 11 is 1.66. The molecule has 0 radical (unpaired) electrons. The van der Waals surface area contributed by atoms with Crippen LogP contribution >= 0.6 is 11.3 Å². The molecule has 1 aromatic carbocycles. The van der Waals surface area contributed by atoms with E-state index in [-0.39, 0.29) is 0 Å². The third-order valence-electron chi connectivity index (χ3n) is 3.07. The van der Waals surface area contributed by atoms with Crippen molar-refractivity contribution < 1.29 is 9.47 Å². The quantitative estimate of drug-likeness (QED) is 0.581. The van der Waals surface area contributed by atoms with Gasteiger partial charge in [0.25, 0.3) is 0 Å². The second kappa shape index (κ2) is 6.22. The summed E-state index contributed by atoms with van der Waals surface area (Å²) in [6, 6.07) is 4.43. The molecule has 19 heavy (non-hydrogen) atoms. The molecule has 1 aromatic heterocycles. The van der Waals surface area contributed by atoms with Gasteiger partial charge in [-0.15, -0.1) is 11.3 Å². The van der Waals surface area contributed by atoms with Crippen LogP contribution in [0.25, 0.3) is 11.1 Å². The van der Waals surface area contributed by atoms with E-state index in [1.54, 1.807) is 11.3 Å². The van der Waals surface area contributed by atoms with Crippen molar-refractivity contribution in [2.24, 2.45) is 0 Å². The molecule has 0 saturated carbocycles. The molecule has 0 saturated heterocycles. The van der Waals surface area contributed by atoms with Crippen molar-refractivity contribution in [3.63, 3.8) is 0 Å². The van der Waals surface area contributed by atoms with Gasteiger partial charge in [0.15, 0.2) is 6.79 Å². The molecular formula is C16H20O2S. The highest BCUT2D eigenvalue weighted by atomic mass is 32.1. The van der Waals surface area contributed by atoms with E-state index in [0.29, 0.717) is 13.4 Å². The first kappa shape index (κ1) is 14.1. The Labute approximate surface area is 119 Å². The molecule has 1 heterocycles. The van der Waals surface area contributed by atoms with Crippen LogP contribution in [0.3, 0.4) is 0 Å². The topological polar surface area (TPSA) is 18.5 Å². The number of rotatable bonds is 5. The smallest absolute Gasteiger partial charge is 0.189 e. The molecule has 0 aliphatic rings. The van der Waals surface area contributed by atoms with E-state index in [9.17, 15) is 0 Å². The predicted octanol–water partition coefficient (Wildman–Crippen LogP) is 4.71. The molecule has 2 rings (SSSR count). The Morgan fingerprint density at radius 3 is 2.37 bits per heavy atom. The molecule has 3 heteroatoms. The van der Waals surface area contributed by atoms with Gasteiger partial charge in [0.05, 0.1) is 0 Å². The first-order chi connectivity index (χ1) is 9.13. The van der Waals surface area contributed by atoms with E-state index in [0.717, 1.165) is 5.75 Å². The predicted molar refractivity (Wildman–Crippen MR) is 81.1 cm³/mol. The van der Waals surface area contributed by atoms with Crippen molar-refractivity contribution in [3.05, 3.63) is 39.6 Å². The van der Waals surface area contributed by atoms with Crippen LogP contribution in [0.2, 0.25) is 0 Å². The molecule has 0 aliphatic heterocycles. The van der Waals surface area contributed by atoms with Gasteiger partial charge in [0, 0.05) is 22.9 Å². The number of aryl methyl sites for hydroxylation is 3. The Balaban J connectivity index is 2.35. The van der Waals surface area contributed by atoms with E-state index in [2.05, 4.69) is 38.3 Å². The molecule has 0 unspecified atom stereocenters. The maximum atomic E-state index is 5.70. The van der Waals surface area contributed by atoms with Crippen LogP contribution in [0.4, 0.5) is 0 Å². The zero-order chi connectivity index (χ0) is 13.8. The van der Waals surface area contributed by atoms with Crippen molar-refractivity contribution in [1.82, 2.24) is 0 Å². The molecule has 2 aromatic rings. The van der Waals surface area contributed by atoms with Crippen LogP contribution in [0.1, 0.15) is 23.6 Å². The normalized spacial score (nSPS) is 10.7. The third-order valence-corrected chi connectivity index (χ3v) is 3.80. The van der Waals surface area contributed by atoms with Crippen molar-refractivity contribution in [2.75, 3.05) is 13.4 Å². The minimum Gasteiger partial charge on any atom is -0.466 e. The first-order valence-electron chi connectivity index (χ1n) is 6.48. The number of thiophene rings is 1. The summed E-state index contributed by atoms with van der Waals surface area (Å²) in [7, 11) is 0. The van der Waals surface area contributed by atoms with E-state index in [1.165, 1.54) is 27.8 Å². The van der Waals surface area contributed by atoms with Gasteiger partial charge in [0.2, 0.25) is 0 Å². The molecule has 0 N–H and O–H groups in total. The maximum Gasteiger partial charge on any atom is 0.189 e. The molecular weight excluding hydrogens is 256 g/mol. The van der Waals surface area contributed by atoms with Gasteiger partial charge in [-0.2, -0.15) is 0 Å². The second-order valence-corrected chi connectivity index (χ2v) is 5.42. The van der Waals surface area contributed by atoms with Crippen molar-refractivity contribution in [2.45, 2.75) is 27.7 Å². The van der Waals surface area contributed by atoms with E-state index >= 15 is 0 Å². The summed E-state index contributed by atoms with van der Waals surface area (Å²) in [5, 5.41) is 4.18. The van der Waals surface area contributed by atoms with Gasteiger partial charge >= 0.3 is 0 Å². The minimum absolute atomic E-state index is 0.310. The lowest BCUT2D eigenvalue weighted by Crippen LogP contribution is -2.02. The molecule has 0 spiro atoms. The summed E-state index contributed by atoms with van der Waals surface area (Å²) < 4.78 is 11.0. The third kappa shape index (κ3) is 3.17. The lowest BCUT2D eigenvalue weighted by atomic mass is 9.95. The lowest BCUT2D eigenvalue weighted by Gasteiger charge is -2.13. The van der Waals surface area contributed by atoms with Crippen LogP contribution in [-0.2, 0) is 4.74 Å². The molecule has 102 valence electrons. The molecule has 0 fully saturated rings. The molecule has 0 amide bonds. The molecule has 0 bridgehead atoms. The number of hydrogen-bond donors (Lipinski definition) is 0. The van der Waals surface area contributed by atoms with Crippen LogP contribution in [0.5, 0.6) is 5.75 Å². The zero-order valence-corrected chi connectivity index (χ0v) is 12.8. The largest absolute Gasteiger partial charge is 0.466 e. The molecule has 0 atom stereocenters. The summed E-state index contributed by atoms with van der Waals surface area (Å²) in [5.41, 5.74) is 6.32. The van der Waals surface area contributed by atoms with Crippen LogP contribution in [0, 0.1) is 20.8 Å². The lowest BCUT2D eigenvalue weighted by molar-refractivity contribution is 0.0230. The minimum atomic E-state index is 0.310. The Morgan fingerprint density at radius 2 is 1.74 bits per heavy atom. The Hall–Kier alpha value is -1.32. The van der Waals surface area contributed by atoms with E-state index < -0.39 is 0 Å². The van der Waals surface area contributed by atoms with Crippen molar-refractivity contribution in [3.8, 4) is 16.9 Å². The van der Waals surface area contributed by atoms with Gasteiger partial charge < -0.3 is 9.47 Å². The van der Waals surface area contributed by atoms with Gasteiger partial charge in [-0.05, 0) is 44.4 Å². The standard InChI is InChI=1S/C16H20O2S/c1-5-17-10-18-15-9-19-8-14(15)16-12(3)6-11(2)7-13(16)4/h6-9H,5,10H2,1-4H3. The Morgan fingerprint density at radius 1 is 1.05 bits per heavy atom. The van der Waals surface area contributed by atoms with Crippen LogP contribution < -0.4 is 4.74 Å². The van der Waals surface area contributed by atoms with Crippen LogP contribution in [0.15, 0.2) is 22.9 Å². The number of benzene rings is 1. The highest BCUT2D eigenvalue weighted by Crippen LogP contribution is 2.38. The highest BCUT2D eigenvalue weighted by molar-refractivity contribution is 7.08. The zero-order valence-electron chi connectivity index (χ0n) is 11.9. The summed E-state index contributed by atoms with van der Waals surface area (Å²) in [6.45, 7) is 9.38. The fourth-order valence-electron chi connectivity index (χ4n) is 2.37. The van der Waals surface area contributed by atoms with Crippen molar-refractivity contribution in [1.29, 1.82) is 0 Å². The monoisotopic (exact) mass is 276 g/mol. The Kier molecular flexibility index (Phi) is 4.61. The van der Waals surface area contributed by atoms with Gasteiger partial charge in [-0.25, -0.2) is 0 Å². The number of ether oxygens (including phenoxy) is 2.